The summed E-state index contributed by atoms with van der Waals surface area (Å²) in [5.74, 6) is 1.54. The van der Waals surface area contributed by atoms with Crippen molar-refractivity contribution in [2.45, 2.75) is 25.0 Å². The van der Waals surface area contributed by atoms with Crippen molar-refractivity contribution in [3.63, 3.8) is 0 Å². The zero-order chi connectivity index (χ0) is 24.4. The molecule has 35 heavy (non-hydrogen) atoms. The van der Waals surface area contributed by atoms with Crippen LogP contribution in [0.15, 0.2) is 75.0 Å². The second-order valence-electron chi connectivity index (χ2n) is 8.41. The Balaban J connectivity index is 1.28. The number of hydrogen-bond acceptors (Lipinski definition) is 7. The van der Waals surface area contributed by atoms with E-state index in [-0.39, 0.29) is 23.6 Å². The maximum Gasteiger partial charge on any atom is 0.289 e. The molecular formula is C25H25N5O4S. The van der Waals surface area contributed by atoms with Crippen molar-refractivity contribution in [1.82, 2.24) is 24.6 Å². The molecule has 0 radical (unpaired) electrons. The van der Waals surface area contributed by atoms with Gasteiger partial charge in [0.25, 0.3) is 5.91 Å². The summed E-state index contributed by atoms with van der Waals surface area (Å²) in [4.78, 5) is 29.3. The molecular weight excluding hydrogens is 466 g/mol. The van der Waals surface area contributed by atoms with E-state index in [2.05, 4.69) is 10.2 Å². The number of carbonyl (C=O) groups excluding carboxylic acids is 2. The first kappa shape index (κ1) is 23.0. The Morgan fingerprint density at radius 1 is 1.03 bits per heavy atom. The molecule has 0 saturated carbocycles. The quantitative estimate of drug-likeness (QED) is 0.377. The monoisotopic (exact) mass is 491 g/mol. The Kier molecular flexibility index (Phi) is 6.45. The van der Waals surface area contributed by atoms with Gasteiger partial charge in [0.1, 0.15) is 0 Å². The predicted molar refractivity (Wildman–Crippen MR) is 130 cm³/mol. The maximum absolute atomic E-state index is 13.1. The average molecular weight is 492 g/mol. The smallest absolute Gasteiger partial charge is 0.289 e. The lowest BCUT2D eigenvalue weighted by molar-refractivity contribution is -0.130. The van der Waals surface area contributed by atoms with E-state index in [0.29, 0.717) is 42.1 Å². The lowest BCUT2D eigenvalue weighted by Crippen LogP contribution is -2.55. The van der Waals surface area contributed by atoms with E-state index in [0.717, 1.165) is 11.3 Å². The summed E-state index contributed by atoms with van der Waals surface area (Å²) >= 11 is 1.33. The molecule has 4 heterocycles. The second-order valence-corrected chi connectivity index (χ2v) is 9.35. The largest absolute Gasteiger partial charge is 0.461 e. The summed E-state index contributed by atoms with van der Waals surface area (Å²) in [7, 11) is 0. The van der Waals surface area contributed by atoms with E-state index in [1.54, 1.807) is 34.3 Å². The minimum Gasteiger partial charge on any atom is -0.461 e. The summed E-state index contributed by atoms with van der Waals surface area (Å²) in [5.41, 5.74) is 2.03. The van der Waals surface area contributed by atoms with Crippen molar-refractivity contribution in [3.05, 3.63) is 72.4 Å². The van der Waals surface area contributed by atoms with Gasteiger partial charge in [0.05, 0.1) is 18.3 Å². The number of aromatic nitrogens is 3. The fraction of sp³-hybridized carbons (Fsp3) is 0.280. The zero-order valence-electron chi connectivity index (χ0n) is 19.5. The third-order valence-corrected chi connectivity index (χ3v) is 6.88. The van der Waals surface area contributed by atoms with Crippen LogP contribution in [-0.2, 0) is 4.79 Å². The summed E-state index contributed by atoms with van der Waals surface area (Å²) in [6, 6.07) is 14.9. The van der Waals surface area contributed by atoms with Gasteiger partial charge in [-0.15, -0.1) is 10.2 Å². The number of furan rings is 2. The van der Waals surface area contributed by atoms with Crippen molar-refractivity contribution < 1.29 is 18.4 Å². The van der Waals surface area contributed by atoms with Crippen molar-refractivity contribution >= 4 is 23.6 Å². The number of thioether (sulfide) groups is 1. The van der Waals surface area contributed by atoms with Crippen LogP contribution in [0.5, 0.6) is 0 Å². The number of piperazine rings is 1. The van der Waals surface area contributed by atoms with Crippen molar-refractivity contribution in [1.29, 1.82) is 0 Å². The number of aryl methyl sites for hydroxylation is 1. The van der Waals surface area contributed by atoms with Crippen molar-refractivity contribution in [2.24, 2.45) is 0 Å². The number of carbonyl (C=O) groups is 2. The molecule has 4 aromatic rings. The molecule has 2 amide bonds. The fourth-order valence-electron chi connectivity index (χ4n) is 4.10. The highest BCUT2D eigenvalue weighted by atomic mass is 32.2. The third kappa shape index (κ3) is 4.74. The van der Waals surface area contributed by atoms with Gasteiger partial charge < -0.3 is 18.6 Å². The minimum absolute atomic E-state index is 0.00930. The Hall–Kier alpha value is -3.79. The Labute approximate surface area is 206 Å². The molecule has 9 nitrogen and oxygen atoms in total. The summed E-state index contributed by atoms with van der Waals surface area (Å²) < 4.78 is 12.7. The molecule has 1 unspecified atom stereocenters. The van der Waals surface area contributed by atoms with Gasteiger partial charge in [-0.3, -0.25) is 14.2 Å². The Morgan fingerprint density at radius 3 is 2.49 bits per heavy atom. The van der Waals surface area contributed by atoms with Crippen LogP contribution in [0.2, 0.25) is 0 Å². The molecule has 180 valence electrons. The normalized spacial score (nSPS) is 16.0. The Morgan fingerprint density at radius 2 is 1.80 bits per heavy atom. The van der Waals surface area contributed by atoms with E-state index in [9.17, 15) is 9.59 Å². The highest BCUT2D eigenvalue weighted by Crippen LogP contribution is 2.29. The number of benzene rings is 1. The van der Waals surface area contributed by atoms with E-state index in [1.165, 1.54) is 18.0 Å². The molecule has 0 bridgehead atoms. The van der Waals surface area contributed by atoms with E-state index in [4.69, 9.17) is 8.83 Å². The van der Waals surface area contributed by atoms with Crippen LogP contribution in [0.4, 0.5) is 0 Å². The molecule has 1 atom stereocenters. The molecule has 10 heteroatoms. The molecule has 0 spiro atoms. The highest BCUT2D eigenvalue weighted by Gasteiger charge is 2.31. The molecule has 1 fully saturated rings. The van der Waals surface area contributed by atoms with Crippen LogP contribution < -0.4 is 0 Å². The van der Waals surface area contributed by atoms with E-state index in [1.807, 2.05) is 48.7 Å². The standard InChI is InChI=1S/C25H25N5O4S/c1-17-7-9-19(10-8-17)30-23(20-5-3-13-33-20)26-27-25(30)35-16-22(31)28-11-12-29(18(2)15-28)24(32)21-6-4-14-34-21/h3-10,13-14,18H,11-12,15-16H2,1-2H3. The van der Waals surface area contributed by atoms with Crippen LogP contribution in [0.3, 0.4) is 0 Å². The van der Waals surface area contributed by atoms with E-state index >= 15 is 0 Å². The van der Waals surface area contributed by atoms with Crippen LogP contribution in [0, 0.1) is 6.92 Å². The van der Waals surface area contributed by atoms with Gasteiger partial charge in [0.2, 0.25) is 11.7 Å². The number of hydrogen-bond donors (Lipinski definition) is 0. The van der Waals surface area contributed by atoms with Crippen LogP contribution in [-0.4, -0.2) is 67.8 Å². The highest BCUT2D eigenvalue weighted by molar-refractivity contribution is 7.99. The van der Waals surface area contributed by atoms with Gasteiger partial charge in [0.15, 0.2) is 16.7 Å². The minimum atomic E-state index is -0.152. The molecule has 1 aliphatic rings. The Bertz CT molecular complexity index is 1300. The summed E-state index contributed by atoms with van der Waals surface area (Å²) in [5, 5.41) is 9.29. The molecule has 1 aliphatic heterocycles. The lowest BCUT2D eigenvalue weighted by Gasteiger charge is -2.39. The average Bonchev–Trinajstić information content (AvgIpc) is 3.64. The zero-order valence-corrected chi connectivity index (χ0v) is 20.3. The number of amides is 2. The molecule has 3 aromatic heterocycles. The second kappa shape index (κ2) is 9.83. The predicted octanol–water partition coefficient (Wildman–Crippen LogP) is 3.89. The van der Waals surface area contributed by atoms with Gasteiger partial charge >= 0.3 is 0 Å². The van der Waals surface area contributed by atoms with Gasteiger partial charge in [-0.05, 0) is 50.2 Å². The van der Waals surface area contributed by atoms with Gasteiger partial charge in [-0.25, -0.2) is 0 Å². The molecule has 0 aliphatic carbocycles. The van der Waals surface area contributed by atoms with Crippen molar-refractivity contribution in [2.75, 3.05) is 25.4 Å². The van der Waals surface area contributed by atoms with Crippen molar-refractivity contribution in [3.8, 4) is 17.3 Å². The topological polar surface area (TPSA) is 97.6 Å². The SMILES string of the molecule is Cc1ccc(-n2c(SCC(=O)N3CCN(C(=O)c4ccco4)C(C)C3)nnc2-c2ccco2)cc1. The van der Waals surface area contributed by atoms with Gasteiger partial charge in [0, 0.05) is 31.4 Å². The van der Waals surface area contributed by atoms with Gasteiger partial charge in [-0.2, -0.15) is 0 Å². The molecule has 1 aromatic carbocycles. The van der Waals surface area contributed by atoms with Gasteiger partial charge in [-0.1, -0.05) is 29.5 Å². The molecule has 0 N–H and O–H groups in total. The first-order chi connectivity index (χ1) is 17.0. The summed E-state index contributed by atoms with van der Waals surface area (Å²) in [6.07, 6.45) is 3.08. The maximum atomic E-state index is 13.1. The number of rotatable bonds is 6. The fourth-order valence-corrected chi connectivity index (χ4v) is 4.96. The molecule has 1 saturated heterocycles. The summed E-state index contributed by atoms with van der Waals surface area (Å²) in [6.45, 7) is 5.36. The third-order valence-electron chi connectivity index (χ3n) is 5.96. The number of nitrogens with zero attached hydrogens (tertiary/aromatic N) is 5. The van der Waals surface area contributed by atoms with E-state index < -0.39 is 0 Å². The lowest BCUT2D eigenvalue weighted by atomic mass is 10.1. The van der Waals surface area contributed by atoms with Crippen LogP contribution in [0.25, 0.3) is 17.3 Å². The molecule has 5 rings (SSSR count). The first-order valence-corrected chi connectivity index (χ1v) is 12.3. The van der Waals surface area contributed by atoms with Crippen LogP contribution in [0.1, 0.15) is 23.0 Å². The first-order valence-electron chi connectivity index (χ1n) is 11.3. The van der Waals surface area contributed by atoms with Crippen LogP contribution >= 0.6 is 11.8 Å².